The largest absolute Gasteiger partial charge is 0.507 e. The zero-order valence-electron chi connectivity index (χ0n) is 10.1. The third-order valence-electron chi connectivity index (χ3n) is 2.55. The number of aromatic hydroxyl groups is 1. The predicted molar refractivity (Wildman–Crippen MR) is 82.8 cm³/mol. The molecule has 0 aliphatic heterocycles. The highest BCUT2D eigenvalue weighted by Crippen LogP contribution is 2.21. The molecule has 0 saturated carbocycles. The highest BCUT2D eigenvalue weighted by atomic mass is 127. The number of carbonyl (C=O) groups is 1. The molecule has 0 heterocycles. The van der Waals surface area contributed by atoms with Gasteiger partial charge in [-0.3, -0.25) is 4.79 Å². The lowest BCUT2D eigenvalue weighted by molar-refractivity contribution is 0.0950. The van der Waals surface area contributed by atoms with Gasteiger partial charge in [0.15, 0.2) is 0 Å². The summed E-state index contributed by atoms with van der Waals surface area (Å²) in [5.41, 5.74) is 0.231. The van der Waals surface area contributed by atoms with Gasteiger partial charge in [-0.05, 0) is 35.5 Å². The molecule has 0 aromatic heterocycles. The van der Waals surface area contributed by atoms with Crippen molar-refractivity contribution in [1.82, 2.24) is 5.32 Å². The Morgan fingerprint density at radius 2 is 2.00 bits per heavy atom. The van der Waals surface area contributed by atoms with Crippen molar-refractivity contribution in [2.45, 2.75) is 25.7 Å². The molecule has 1 amide bonds. The molecular formula is C13H17ClINO2. The van der Waals surface area contributed by atoms with E-state index in [4.69, 9.17) is 11.6 Å². The highest BCUT2D eigenvalue weighted by molar-refractivity contribution is 14.1. The van der Waals surface area contributed by atoms with Crippen molar-refractivity contribution >= 4 is 40.1 Å². The Bertz CT molecular complexity index is 399. The molecule has 0 unspecified atom stereocenters. The van der Waals surface area contributed by atoms with Crippen LogP contribution >= 0.6 is 34.2 Å². The molecule has 3 nitrogen and oxygen atoms in total. The van der Waals surface area contributed by atoms with Gasteiger partial charge < -0.3 is 10.4 Å². The minimum atomic E-state index is -0.274. The van der Waals surface area contributed by atoms with Crippen molar-refractivity contribution in [2.24, 2.45) is 0 Å². The SMILES string of the molecule is O=C(NCCCCCCI)c1cc(Cl)ccc1O. The second-order valence-corrected chi connectivity index (χ2v) is 5.54. The van der Waals surface area contributed by atoms with E-state index >= 15 is 0 Å². The van der Waals surface area contributed by atoms with E-state index in [0.717, 1.165) is 12.8 Å². The zero-order chi connectivity index (χ0) is 13.4. The lowest BCUT2D eigenvalue weighted by Gasteiger charge is -2.07. The van der Waals surface area contributed by atoms with E-state index in [1.807, 2.05) is 0 Å². The summed E-state index contributed by atoms with van der Waals surface area (Å²) in [6, 6.07) is 4.46. The number of nitrogens with one attached hydrogen (secondary N) is 1. The first-order valence-corrected chi connectivity index (χ1v) is 7.88. The van der Waals surface area contributed by atoms with Crippen LogP contribution in [0.4, 0.5) is 0 Å². The monoisotopic (exact) mass is 381 g/mol. The maximum absolute atomic E-state index is 11.8. The van der Waals surface area contributed by atoms with Crippen molar-refractivity contribution in [3.63, 3.8) is 0 Å². The van der Waals surface area contributed by atoms with Crippen LogP contribution < -0.4 is 5.32 Å². The zero-order valence-corrected chi connectivity index (χ0v) is 13.0. The quantitative estimate of drug-likeness (QED) is 0.429. The van der Waals surface area contributed by atoms with Crippen molar-refractivity contribution < 1.29 is 9.90 Å². The van der Waals surface area contributed by atoms with Crippen LogP contribution in [0.5, 0.6) is 5.75 Å². The molecule has 1 rings (SSSR count). The van der Waals surface area contributed by atoms with Gasteiger partial charge in [-0.2, -0.15) is 0 Å². The highest BCUT2D eigenvalue weighted by Gasteiger charge is 2.10. The molecule has 0 atom stereocenters. The summed E-state index contributed by atoms with van der Waals surface area (Å²) in [5.74, 6) is -0.314. The molecular weight excluding hydrogens is 365 g/mol. The Morgan fingerprint density at radius 1 is 1.28 bits per heavy atom. The standard InChI is InChI=1S/C13H17ClINO2/c14-10-5-6-12(17)11(9-10)13(18)16-8-4-2-1-3-7-15/h5-6,9,17H,1-4,7-8H2,(H,16,18). The Labute approximate surface area is 126 Å². The summed E-state index contributed by atoms with van der Waals surface area (Å²) in [6.45, 7) is 0.631. The number of alkyl halides is 1. The number of halogens is 2. The van der Waals surface area contributed by atoms with Crippen molar-refractivity contribution in [1.29, 1.82) is 0 Å². The molecule has 0 saturated heterocycles. The van der Waals surface area contributed by atoms with E-state index in [0.29, 0.717) is 11.6 Å². The van der Waals surface area contributed by atoms with E-state index in [1.165, 1.54) is 29.4 Å². The van der Waals surface area contributed by atoms with E-state index in [9.17, 15) is 9.90 Å². The fourth-order valence-corrected chi connectivity index (χ4v) is 2.27. The smallest absolute Gasteiger partial charge is 0.255 e. The molecule has 0 aliphatic carbocycles. The maximum Gasteiger partial charge on any atom is 0.255 e. The Morgan fingerprint density at radius 3 is 2.72 bits per heavy atom. The van der Waals surface area contributed by atoms with Crippen molar-refractivity contribution in [3.05, 3.63) is 28.8 Å². The van der Waals surface area contributed by atoms with Gasteiger partial charge in [0.2, 0.25) is 0 Å². The first-order chi connectivity index (χ1) is 8.65. The minimum absolute atomic E-state index is 0.0400. The Balaban J connectivity index is 2.34. The predicted octanol–water partition coefficient (Wildman–Crippen LogP) is 3.77. The first-order valence-electron chi connectivity index (χ1n) is 5.98. The molecule has 1 aromatic carbocycles. The van der Waals surface area contributed by atoms with E-state index < -0.39 is 0 Å². The van der Waals surface area contributed by atoms with Gasteiger partial charge >= 0.3 is 0 Å². The van der Waals surface area contributed by atoms with Gasteiger partial charge in [0, 0.05) is 11.6 Å². The molecule has 5 heteroatoms. The van der Waals surface area contributed by atoms with Crippen LogP contribution in [0.3, 0.4) is 0 Å². The lowest BCUT2D eigenvalue weighted by Crippen LogP contribution is -2.24. The number of phenolic OH excluding ortho intramolecular Hbond substituents is 1. The summed E-state index contributed by atoms with van der Waals surface area (Å²) < 4.78 is 1.18. The van der Waals surface area contributed by atoms with Gasteiger partial charge in [0.05, 0.1) is 5.56 Å². The van der Waals surface area contributed by atoms with Crippen molar-refractivity contribution in [2.75, 3.05) is 11.0 Å². The Hall–Kier alpha value is -0.490. The second-order valence-electron chi connectivity index (χ2n) is 4.02. The third-order valence-corrected chi connectivity index (χ3v) is 3.55. The van der Waals surface area contributed by atoms with Gasteiger partial charge in [0.25, 0.3) is 5.91 Å². The number of unbranched alkanes of at least 4 members (excludes halogenated alkanes) is 3. The number of phenols is 1. The Kier molecular flexibility index (Phi) is 7.42. The van der Waals surface area contributed by atoms with Crippen LogP contribution in [0.25, 0.3) is 0 Å². The topological polar surface area (TPSA) is 49.3 Å². The average Bonchev–Trinajstić information content (AvgIpc) is 2.36. The van der Waals surface area contributed by atoms with Crippen LogP contribution in [0.1, 0.15) is 36.0 Å². The van der Waals surface area contributed by atoms with Gasteiger partial charge in [-0.25, -0.2) is 0 Å². The number of rotatable bonds is 7. The molecule has 0 bridgehead atoms. The van der Waals surface area contributed by atoms with Crippen LogP contribution in [-0.2, 0) is 0 Å². The number of hydrogen-bond acceptors (Lipinski definition) is 2. The second kappa shape index (κ2) is 8.58. The number of hydrogen-bond donors (Lipinski definition) is 2. The van der Waals surface area contributed by atoms with Crippen LogP contribution in [-0.4, -0.2) is 22.0 Å². The van der Waals surface area contributed by atoms with Crippen LogP contribution in [0.15, 0.2) is 18.2 Å². The van der Waals surface area contributed by atoms with E-state index in [1.54, 1.807) is 6.07 Å². The minimum Gasteiger partial charge on any atom is -0.507 e. The average molecular weight is 382 g/mol. The molecule has 2 N–H and O–H groups in total. The van der Waals surface area contributed by atoms with E-state index in [2.05, 4.69) is 27.9 Å². The normalized spacial score (nSPS) is 10.3. The first kappa shape index (κ1) is 15.6. The molecule has 100 valence electrons. The lowest BCUT2D eigenvalue weighted by atomic mass is 10.1. The molecule has 1 aromatic rings. The van der Waals surface area contributed by atoms with Crippen molar-refractivity contribution in [3.8, 4) is 5.75 Å². The van der Waals surface area contributed by atoms with Gasteiger partial charge in [-0.1, -0.05) is 47.0 Å². The van der Waals surface area contributed by atoms with Crippen LogP contribution in [0.2, 0.25) is 5.02 Å². The number of carbonyl (C=O) groups excluding carboxylic acids is 1. The van der Waals surface area contributed by atoms with Gasteiger partial charge in [0.1, 0.15) is 5.75 Å². The maximum atomic E-state index is 11.8. The molecule has 0 spiro atoms. The summed E-state index contributed by atoms with van der Waals surface area (Å²) in [7, 11) is 0. The van der Waals surface area contributed by atoms with Crippen LogP contribution in [0, 0.1) is 0 Å². The molecule has 0 fully saturated rings. The molecule has 18 heavy (non-hydrogen) atoms. The summed E-state index contributed by atoms with van der Waals surface area (Å²) in [5, 5.41) is 12.8. The fourth-order valence-electron chi connectivity index (χ4n) is 1.56. The summed E-state index contributed by atoms with van der Waals surface area (Å²) in [4.78, 5) is 11.8. The van der Waals surface area contributed by atoms with E-state index in [-0.39, 0.29) is 17.2 Å². The van der Waals surface area contributed by atoms with Gasteiger partial charge in [-0.15, -0.1) is 0 Å². The number of amides is 1. The number of benzene rings is 1. The molecule has 0 aliphatic rings. The molecule has 0 radical (unpaired) electrons. The summed E-state index contributed by atoms with van der Waals surface area (Å²) >= 11 is 8.15. The fraction of sp³-hybridized carbons (Fsp3) is 0.462. The summed E-state index contributed by atoms with van der Waals surface area (Å²) in [6.07, 6.45) is 4.50. The third kappa shape index (κ3) is 5.44.